The van der Waals surface area contributed by atoms with Crippen LogP contribution >= 0.6 is 46.4 Å². The smallest absolute Gasteiger partial charge is 0.227 e. The maximum absolute atomic E-state index is 12.3. The molecule has 0 aliphatic carbocycles. The second-order valence-electron chi connectivity index (χ2n) is 6.27. The molecule has 0 spiro atoms. The molecule has 1 amide bonds. The molecule has 6 nitrogen and oxygen atoms in total. The van der Waals surface area contributed by atoms with Crippen LogP contribution in [-0.4, -0.2) is 25.5 Å². The molecule has 2 aromatic heterocycles. The van der Waals surface area contributed by atoms with Crippen LogP contribution in [0.1, 0.15) is 23.4 Å². The molecule has 0 atom stereocenters. The Bertz CT molecular complexity index is 1030. The number of halogens is 4. The zero-order valence-electron chi connectivity index (χ0n) is 15.1. The summed E-state index contributed by atoms with van der Waals surface area (Å²) in [7, 11) is 0. The summed E-state index contributed by atoms with van der Waals surface area (Å²) < 4.78 is 3.31. The second kappa shape index (κ2) is 8.74. The SMILES string of the molecule is Cc1nn(CCC(=O)Nc2nn(Cc3ccc(Cl)cc3Cl)cc2Cl)c(C)c1Cl. The normalized spacial score (nSPS) is 11.1. The van der Waals surface area contributed by atoms with E-state index in [4.69, 9.17) is 46.4 Å². The van der Waals surface area contributed by atoms with Crippen LogP contribution < -0.4 is 5.32 Å². The van der Waals surface area contributed by atoms with Gasteiger partial charge in [-0.05, 0) is 31.5 Å². The Labute approximate surface area is 182 Å². The number of hydrogen-bond donors (Lipinski definition) is 1. The van der Waals surface area contributed by atoms with Gasteiger partial charge in [0.15, 0.2) is 5.82 Å². The van der Waals surface area contributed by atoms with Gasteiger partial charge in [-0.2, -0.15) is 10.2 Å². The van der Waals surface area contributed by atoms with Gasteiger partial charge in [-0.25, -0.2) is 0 Å². The Hall–Kier alpha value is -1.73. The zero-order valence-corrected chi connectivity index (χ0v) is 18.2. The summed E-state index contributed by atoms with van der Waals surface area (Å²) in [6.07, 6.45) is 1.84. The van der Waals surface area contributed by atoms with Crippen LogP contribution in [0.5, 0.6) is 0 Å². The van der Waals surface area contributed by atoms with Crippen molar-refractivity contribution in [2.75, 3.05) is 5.32 Å². The maximum atomic E-state index is 12.3. The highest BCUT2D eigenvalue weighted by Gasteiger charge is 2.14. The number of hydrogen-bond acceptors (Lipinski definition) is 3. The van der Waals surface area contributed by atoms with E-state index in [0.717, 1.165) is 17.0 Å². The Morgan fingerprint density at radius 2 is 1.86 bits per heavy atom. The van der Waals surface area contributed by atoms with Crippen molar-refractivity contribution < 1.29 is 4.79 Å². The van der Waals surface area contributed by atoms with Gasteiger partial charge in [0.25, 0.3) is 0 Å². The Morgan fingerprint density at radius 3 is 2.50 bits per heavy atom. The Balaban J connectivity index is 1.62. The van der Waals surface area contributed by atoms with Gasteiger partial charge in [0, 0.05) is 22.7 Å². The molecule has 148 valence electrons. The van der Waals surface area contributed by atoms with Gasteiger partial charge in [0.1, 0.15) is 5.02 Å². The summed E-state index contributed by atoms with van der Waals surface area (Å²) in [4.78, 5) is 12.3. The minimum absolute atomic E-state index is 0.213. The average Bonchev–Trinajstić information content (AvgIpc) is 3.09. The number of aromatic nitrogens is 4. The molecule has 3 aromatic rings. The molecule has 0 unspecified atom stereocenters. The lowest BCUT2D eigenvalue weighted by atomic mass is 10.2. The number of anilines is 1. The van der Waals surface area contributed by atoms with Gasteiger partial charge in [0.05, 0.1) is 29.5 Å². The van der Waals surface area contributed by atoms with E-state index in [-0.39, 0.29) is 12.3 Å². The number of carbonyl (C=O) groups excluding carboxylic acids is 1. The van der Waals surface area contributed by atoms with Gasteiger partial charge in [0.2, 0.25) is 5.91 Å². The largest absolute Gasteiger partial charge is 0.308 e. The quantitative estimate of drug-likeness (QED) is 0.536. The summed E-state index contributed by atoms with van der Waals surface area (Å²) in [5.74, 6) is 0.0727. The summed E-state index contributed by atoms with van der Waals surface area (Å²) in [5.41, 5.74) is 2.40. The van der Waals surface area contributed by atoms with Crippen LogP contribution in [0, 0.1) is 13.8 Å². The highest BCUT2D eigenvalue weighted by molar-refractivity contribution is 6.35. The maximum Gasteiger partial charge on any atom is 0.227 e. The molecule has 0 aliphatic rings. The molecule has 10 heteroatoms. The van der Waals surface area contributed by atoms with E-state index in [1.807, 2.05) is 19.9 Å². The van der Waals surface area contributed by atoms with Crippen LogP contribution in [0.4, 0.5) is 5.82 Å². The predicted molar refractivity (Wildman–Crippen MR) is 113 cm³/mol. The molecule has 3 rings (SSSR count). The summed E-state index contributed by atoms with van der Waals surface area (Å²) >= 11 is 24.4. The van der Waals surface area contributed by atoms with E-state index >= 15 is 0 Å². The van der Waals surface area contributed by atoms with Gasteiger partial charge >= 0.3 is 0 Å². The van der Waals surface area contributed by atoms with Gasteiger partial charge in [-0.1, -0.05) is 52.5 Å². The molecule has 0 saturated carbocycles. The molecular formula is C18H17Cl4N5O. The molecule has 0 aliphatic heterocycles. The third-order valence-electron chi connectivity index (χ3n) is 4.17. The fourth-order valence-electron chi connectivity index (χ4n) is 2.68. The minimum Gasteiger partial charge on any atom is -0.308 e. The molecule has 0 fully saturated rings. The van der Waals surface area contributed by atoms with Crippen molar-refractivity contribution in [3.8, 4) is 0 Å². The second-order valence-corrected chi connectivity index (χ2v) is 7.89. The first-order valence-electron chi connectivity index (χ1n) is 8.41. The van der Waals surface area contributed by atoms with E-state index in [0.29, 0.717) is 39.0 Å². The third-order valence-corrected chi connectivity index (χ3v) is 5.58. The van der Waals surface area contributed by atoms with Crippen molar-refractivity contribution in [3.05, 3.63) is 61.4 Å². The number of amides is 1. The highest BCUT2D eigenvalue weighted by atomic mass is 35.5. The van der Waals surface area contributed by atoms with Crippen LogP contribution in [0.2, 0.25) is 20.1 Å². The minimum atomic E-state index is -0.222. The fraction of sp³-hybridized carbons (Fsp3) is 0.278. The van der Waals surface area contributed by atoms with Crippen molar-refractivity contribution in [3.63, 3.8) is 0 Å². The van der Waals surface area contributed by atoms with Crippen molar-refractivity contribution >= 4 is 58.1 Å². The van der Waals surface area contributed by atoms with Crippen molar-refractivity contribution in [1.82, 2.24) is 19.6 Å². The standard InChI is InChI=1S/C18H17Cl4N5O/c1-10-17(22)11(2)27(24-10)6-5-16(28)23-18-15(21)9-26(25-18)8-12-3-4-13(19)7-14(12)20/h3-4,7,9H,5-6,8H2,1-2H3,(H,23,25,28). The average molecular weight is 461 g/mol. The highest BCUT2D eigenvalue weighted by Crippen LogP contribution is 2.24. The van der Waals surface area contributed by atoms with E-state index in [1.165, 1.54) is 0 Å². The van der Waals surface area contributed by atoms with Crippen LogP contribution in [0.25, 0.3) is 0 Å². The van der Waals surface area contributed by atoms with Gasteiger partial charge in [-0.3, -0.25) is 14.2 Å². The Morgan fingerprint density at radius 1 is 1.11 bits per heavy atom. The first-order chi connectivity index (χ1) is 13.2. The molecular weight excluding hydrogens is 444 g/mol. The van der Waals surface area contributed by atoms with Crippen LogP contribution in [0.3, 0.4) is 0 Å². The monoisotopic (exact) mass is 459 g/mol. The fourth-order valence-corrected chi connectivity index (χ4v) is 3.48. The lowest BCUT2D eigenvalue weighted by Gasteiger charge is -2.06. The molecule has 2 heterocycles. The van der Waals surface area contributed by atoms with Crippen molar-refractivity contribution in [2.24, 2.45) is 0 Å². The van der Waals surface area contributed by atoms with Crippen molar-refractivity contribution in [1.29, 1.82) is 0 Å². The van der Waals surface area contributed by atoms with Gasteiger partial charge < -0.3 is 5.32 Å². The van der Waals surface area contributed by atoms with E-state index in [9.17, 15) is 4.79 Å². The molecule has 0 radical (unpaired) electrons. The Kier molecular flexibility index (Phi) is 6.55. The van der Waals surface area contributed by atoms with E-state index < -0.39 is 0 Å². The summed E-state index contributed by atoms with van der Waals surface area (Å²) in [5, 5.41) is 13.4. The predicted octanol–water partition coefficient (Wildman–Crippen LogP) is 5.39. The first-order valence-corrected chi connectivity index (χ1v) is 9.92. The van der Waals surface area contributed by atoms with Gasteiger partial charge in [-0.15, -0.1) is 0 Å². The summed E-state index contributed by atoms with van der Waals surface area (Å²) in [6, 6.07) is 5.23. The zero-order chi connectivity index (χ0) is 20.4. The lowest BCUT2D eigenvalue weighted by molar-refractivity contribution is -0.116. The number of rotatable bonds is 6. The van der Waals surface area contributed by atoms with E-state index in [2.05, 4.69) is 15.5 Å². The number of benzene rings is 1. The number of nitrogens with one attached hydrogen (secondary N) is 1. The molecule has 28 heavy (non-hydrogen) atoms. The van der Waals surface area contributed by atoms with E-state index in [1.54, 1.807) is 27.7 Å². The molecule has 0 bridgehead atoms. The molecule has 1 aromatic carbocycles. The molecule has 1 N–H and O–H groups in total. The number of aryl methyl sites for hydroxylation is 2. The first kappa shape index (κ1) is 21.0. The number of nitrogens with zero attached hydrogens (tertiary/aromatic N) is 4. The number of carbonyl (C=O) groups is 1. The van der Waals surface area contributed by atoms with Crippen LogP contribution in [-0.2, 0) is 17.9 Å². The lowest BCUT2D eigenvalue weighted by Crippen LogP contribution is -2.16. The topological polar surface area (TPSA) is 64.7 Å². The van der Waals surface area contributed by atoms with Crippen molar-refractivity contribution in [2.45, 2.75) is 33.4 Å². The van der Waals surface area contributed by atoms with Crippen LogP contribution in [0.15, 0.2) is 24.4 Å². The third kappa shape index (κ3) is 4.81. The summed E-state index contributed by atoms with van der Waals surface area (Å²) in [6.45, 7) is 4.49. The molecule has 0 saturated heterocycles.